The lowest BCUT2D eigenvalue weighted by Crippen LogP contribution is -2.41. The lowest BCUT2D eigenvalue weighted by Gasteiger charge is -2.24. The van der Waals surface area contributed by atoms with Gasteiger partial charge in [0, 0.05) is 31.2 Å². The molecule has 24 heavy (non-hydrogen) atoms. The molecule has 0 aliphatic carbocycles. The maximum atomic E-state index is 12.5. The van der Waals surface area contributed by atoms with E-state index in [1.54, 1.807) is 0 Å². The van der Waals surface area contributed by atoms with Crippen LogP contribution in [0.15, 0.2) is 24.3 Å². The Morgan fingerprint density at radius 2 is 2.00 bits per heavy atom. The van der Waals surface area contributed by atoms with Crippen LogP contribution in [0.4, 0.5) is 4.79 Å². The quantitative estimate of drug-likeness (QED) is 0.902. The number of benzene rings is 1. The number of nitrogens with one attached hydrogen (secondary N) is 1. The Balaban J connectivity index is 1.51. The van der Waals surface area contributed by atoms with Crippen LogP contribution in [0.3, 0.4) is 0 Å². The SMILES string of the molecule is CC(C)Oc1ccccc1CNC(=O)N1CCC(N2CCCC2)C1. The Labute approximate surface area is 145 Å². The van der Waals surface area contributed by atoms with Gasteiger partial charge >= 0.3 is 6.03 Å². The Morgan fingerprint density at radius 1 is 1.25 bits per heavy atom. The number of urea groups is 1. The third kappa shape index (κ3) is 4.20. The fourth-order valence-corrected chi connectivity index (χ4v) is 3.63. The van der Waals surface area contributed by atoms with E-state index in [4.69, 9.17) is 4.74 Å². The second-order valence-corrected chi connectivity index (χ2v) is 7.06. The van der Waals surface area contributed by atoms with E-state index in [-0.39, 0.29) is 12.1 Å². The first kappa shape index (κ1) is 17.1. The molecule has 0 spiro atoms. The van der Waals surface area contributed by atoms with Gasteiger partial charge in [-0.25, -0.2) is 4.79 Å². The van der Waals surface area contributed by atoms with Crippen LogP contribution in [0.2, 0.25) is 0 Å². The maximum absolute atomic E-state index is 12.5. The zero-order chi connectivity index (χ0) is 16.9. The van der Waals surface area contributed by atoms with Crippen LogP contribution in [0.25, 0.3) is 0 Å². The fourth-order valence-electron chi connectivity index (χ4n) is 3.63. The molecular formula is C19H29N3O2. The molecule has 1 aromatic rings. The van der Waals surface area contributed by atoms with Crippen molar-refractivity contribution in [2.45, 2.75) is 51.8 Å². The summed E-state index contributed by atoms with van der Waals surface area (Å²) in [4.78, 5) is 17.0. The smallest absolute Gasteiger partial charge is 0.317 e. The van der Waals surface area contributed by atoms with E-state index in [9.17, 15) is 4.79 Å². The minimum atomic E-state index is 0.0380. The molecule has 2 heterocycles. The number of hydrogen-bond acceptors (Lipinski definition) is 3. The van der Waals surface area contributed by atoms with E-state index in [2.05, 4.69) is 10.2 Å². The third-order valence-electron chi connectivity index (χ3n) is 4.87. The summed E-state index contributed by atoms with van der Waals surface area (Å²) in [5.74, 6) is 0.851. The van der Waals surface area contributed by atoms with Crippen LogP contribution < -0.4 is 10.1 Å². The van der Waals surface area contributed by atoms with Crippen LogP contribution in [0.1, 0.15) is 38.7 Å². The van der Waals surface area contributed by atoms with Gasteiger partial charge in [0.2, 0.25) is 0 Å². The minimum absolute atomic E-state index is 0.0380. The van der Waals surface area contributed by atoms with Crippen LogP contribution in [0.5, 0.6) is 5.75 Å². The Bertz CT molecular complexity index is 555. The highest BCUT2D eigenvalue weighted by atomic mass is 16.5. The van der Waals surface area contributed by atoms with Crippen molar-refractivity contribution >= 4 is 6.03 Å². The van der Waals surface area contributed by atoms with Crippen LogP contribution in [-0.4, -0.2) is 54.2 Å². The van der Waals surface area contributed by atoms with Crippen molar-refractivity contribution in [3.63, 3.8) is 0 Å². The minimum Gasteiger partial charge on any atom is -0.491 e. The molecule has 2 aliphatic rings. The zero-order valence-electron chi connectivity index (χ0n) is 14.8. The number of likely N-dealkylation sites (tertiary alicyclic amines) is 2. The molecule has 1 atom stereocenters. The molecule has 2 amide bonds. The number of hydrogen-bond donors (Lipinski definition) is 1. The lowest BCUT2D eigenvalue weighted by atomic mass is 10.2. The number of rotatable bonds is 5. The molecule has 2 aliphatic heterocycles. The van der Waals surface area contributed by atoms with Crippen molar-refractivity contribution in [2.24, 2.45) is 0 Å². The molecule has 1 unspecified atom stereocenters. The van der Waals surface area contributed by atoms with Gasteiger partial charge in [0.25, 0.3) is 0 Å². The molecule has 5 nitrogen and oxygen atoms in total. The van der Waals surface area contributed by atoms with E-state index in [1.165, 1.54) is 25.9 Å². The van der Waals surface area contributed by atoms with Gasteiger partial charge < -0.3 is 15.0 Å². The van der Waals surface area contributed by atoms with E-state index in [0.29, 0.717) is 12.6 Å². The Kier molecular flexibility index (Phi) is 5.61. The summed E-state index contributed by atoms with van der Waals surface area (Å²) in [7, 11) is 0. The maximum Gasteiger partial charge on any atom is 0.317 e. The molecule has 0 bridgehead atoms. The van der Waals surface area contributed by atoms with Crippen molar-refractivity contribution in [3.8, 4) is 5.75 Å². The third-order valence-corrected chi connectivity index (χ3v) is 4.87. The summed E-state index contributed by atoms with van der Waals surface area (Å²) >= 11 is 0. The van der Waals surface area contributed by atoms with Crippen molar-refractivity contribution in [1.82, 2.24) is 15.1 Å². The zero-order valence-corrected chi connectivity index (χ0v) is 14.8. The molecule has 1 aromatic carbocycles. The first-order chi connectivity index (χ1) is 11.6. The van der Waals surface area contributed by atoms with Gasteiger partial charge in [0.05, 0.1) is 6.10 Å². The van der Waals surface area contributed by atoms with E-state index < -0.39 is 0 Å². The number of para-hydroxylation sites is 1. The van der Waals surface area contributed by atoms with Gasteiger partial charge in [0.15, 0.2) is 0 Å². The summed E-state index contributed by atoms with van der Waals surface area (Å²) in [5.41, 5.74) is 1.02. The van der Waals surface area contributed by atoms with Gasteiger partial charge in [-0.05, 0) is 52.3 Å². The molecule has 3 rings (SSSR count). The number of nitrogens with zero attached hydrogens (tertiary/aromatic N) is 2. The fraction of sp³-hybridized carbons (Fsp3) is 0.632. The molecule has 0 radical (unpaired) electrons. The van der Waals surface area contributed by atoms with Crippen LogP contribution in [0, 0.1) is 0 Å². The normalized spacial score (nSPS) is 21.5. The summed E-state index contributed by atoms with van der Waals surface area (Å²) in [6.07, 6.45) is 3.83. The first-order valence-corrected chi connectivity index (χ1v) is 9.15. The molecule has 132 valence electrons. The molecule has 0 saturated carbocycles. The molecule has 2 fully saturated rings. The summed E-state index contributed by atoms with van der Waals surface area (Å²) < 4.78 is 5.82. The van der Waals surface area contributed by atoms with E-state index >= 15 is 0 Å². The monoisotopic (exact) mass is 331 g/mol. The van der Waals surface area contributed by atoms with Gasteiger partial charge in [-0.2, -0.15) is 0 Å². The predicted octanol–water partition coefficient (Wildman–Crippen LogP) is 2.85. The second kappa shape index (κ2) is 7.88. The summed E-state index contributed by atoms with van der Waals surface area (Å²) in [6.45, 7) is 8.63. The topological polar surface area (TPSA) is 44.8 Å². The molecule has 0 aromatic heterocycles. The van der Waals surface area contributed by atoms with Gasteiger partial charge in [-0.15, -0.1) is 0 Å². The Hall–Kier alpha value is -1.75. The first-order valence-electron chi connectivity index (χ1n) is 9.15. The van der Waals surface area contributed by atoms with Crippen LogP contribution >= 0.6 is 0 Å². The molecule has 5 heteroatoms. The number of carbonyl (C=O) groups is 1. The lowest BCUT2D eigenvalue weighted by molar-refractivity contribution is 0.198. The highest BCUT2D eigenvalue weighted by Gasteiger charge is 2.31. The molecular weight excluding hydrogens is 302 g/mol. The average Bonchev–Trinajstić information content (AvgIpc) is 3.24. The molecule has 1 N–H and O–H groups in total. The van der Waals surface area contributed by atoms with Crippen molar-refractivity contribution in [2.75, 3.05) is 26.2 Å². The average molecular weight is 331 g/mol. The highest BCUT2D eigenvalue weighted by molar-refractivity contribution is 5.74. The van der Waals surface area contributed by atoms with Crippen LogP contribution in [-0.2, 0) is 6.54 Å². The number of amides is 2. The largest absolute Gasteiger partial charge is 0.491 e. The predicted molar refractivity (Wildman–Crippen MR) is 95.2 cm³/mol. The van der Waals surface area contributed by atoms with E-state index in [1.807, 2.05) is 43.0 Å². The van der Waals surface area contributed by atoms with Crippen molar-refractivity contribution in [1.29, 1.82) is 0 Å². The van der Waals surface area contributed by atoms with Crippen molar-refractivity contribution in [3.05, 3.63) is 29.8 Å². The van der Waals surface area contributed by atoms with Gasteiger partial charge in [0.1, 0.15) is 5.75 Å². The highest BCUT2D eigenvalue weighted by Crippen LogP contribution is 2.21. The summed E-state index contributed by atoms with van der Waals surface area (Å²) in [6, 6.07) is 8.50. The Morgan fingerprint density at radius 3 is 2.75 bits per heavy atom. The van der Waals surface area contributed by atoms with E-state index in [0.717, 1.165) is 30.8 Å². The number of ether oxygens (including phenoxy) is 1. The second-order valence-electron chi connectivity index (χ2n) is 7.06. The van der Waals surface area contributed by atoms with Gasteiger partial charge in [-0.1, -0.05) is 18.2 Å². The van der Waals surface area contributed by atoms with Gasteiger partial charge in [-0.3, -0.25) is 4.90 Å². The number of carbonyl (C=O) groups excluding carboxylic acids is 1. The van der Waals surface area contributed by atoms with Crippen molar-refractivity contribution < 1.29 is 9.53 Å². The molecule has 2 saturated heterocycles. The summed E-state index contributed by atoms with van der Waals surface area (Å²) in [5, 5.41) is 3.05. The standard InChI is InChI=1S/C19H29N3O2/c1-15(2)24-18-8-4-3-7-16(18)13-20-19(23)22-12-9-17(14-22)21-10-5-6-11-21/h3-4,7-8,15,17H,5-6,9-14H2,1-2H3,(H,20,23).